The fourth-order valence-corrected chi connectivity index (χ4v) is 13.5. The molecule has 2 aromatic heterocycles. The van der Waals surface area contributed by atoms with Crippen LogP contribution in [0.25, 0.3) is 0 Å². The zero-order valence-electron chi connectivity index (χ0n) is 36.3. The number of benzene rings is 2. The predicted molar refractivity (Wildman–Crippen MR) is 257 cm³/mol. The molecule has 0 bridgehead atoms. The van der Waals surface area contributed by atoms with Crippen LogP contribution < -0.4 is 21.3 Å². The molecule has 2 aliphatic rings. The molecule has 4 N–H and O–H groups in total. The molecule has 2 atom stereocenters. The van der Waals surface area contributed by atoms with Crippen molar-refractivity contribution in [3.8, 4) is 0 Å². The topological polar surface area (TPSA) is 157 Å². The number of halogens is 2. The first-order valence-corrected chi connectivity index (χ1v) is 27.3. The van der Waals surface area contributed by atoms with Gasteiger partial charge in [-0.15, -0.1) is 22.7 Å². The van der Waals surface area contributed by atoms with Gasteiger partial charge >= 0.3 is 0 Å². The van der Waals surface area contributed by atoms with Gasteiger partial charge in [-0.05, 0) is 137 Å². The summed E-state index contributed by atoms with van der Waals surface area (Å²) in [5.74, 6) is -0.437. The van der Waals surface area contributed by atoms with Gasteiger partial charge in [0.25, 0.3) is 31.9 Å². The summed E-state index contributed by atoms with van der Waals surface area (Å²) in [5.41, 5.74) is 1.03. The van der Waals surface area contributed by atoms with Crippen molar-refractivity contribution in [1.82, 2.24) is 29.9 Å². The van der Waals surface area contributed by atoms with Crippen LogP contribution in [0, 0.1) is 0 Å². The minimum atomic E-state index is -3.52. The third-order valence-corrected chi connectivity index (χ3v) is 18.5. The van der Waals surface area contributed by atoms with Crippen molar-refractivity contribution in [3.05, 3.63) is 104 Å². The lowest BCUT2D eigenvalue weighted by molar-refractivity contribution is 0.0943. The second-order valence-corrected chi connectivity index (χ2v) is 23.4. The molecule has 2 fully saturated rings. The van der Waals surface area contributed by atoms with E-state index >= 15 is 0 Å². The number of nitrogens with one attached hydrogen (secondary N) is 4. The Hall–Kier alpha value is -2.90. The molecule has 2 aromatic carbocycles. The van der Waals surface area contributed by atoms with Crippen LogP contribution in [0.2, 0.25) is 10.0 Å². The fourth-order valence-electron chi connectivity index (χ4n) is 7.37. The normalized spacial score (nSPS) is 17.8. The lowest BCUT2D eigenvalue weighted by atomic mass is 10.1. The highest BCUT2D eigenvalue weighted by Gasteiger charge is 2.30. The SMILES string of the molecule is CCCCCNC1CCCN(S(=O)(=O)c2ccc(CNC(=O)c3ccc(Cl)cc3)s2)CC1.CCCCNC1CCCN(S(=O)(=O)c2ccc(CNC(=O)c3ccc(Cl)cc3)s2)CC1. The molecule has 63 heavy (non-hydrogen) atoms. The lowest BCUT2D eigenvalue weighted by Crippen LogP contribution is -2.34. The van der Waals surface area contributed by atoms with Gasteiger partial charge < -0.3 is 21.3 Å². The summed E-state index contributed by atoms with van der Waals surface area (Å²) in [4.78, 5) is 26.1. The minimum absolute atomic E-state index is 0.218. The summed E-state index contributed by atoms with van der Waals surface area (Å²) in [6.07, 6.45) is 11.3. The van der Waals surface area contributed by atoms with Crippen LogP contribution in [0.1, 0.15) is 115 Å². The van der Waals surface area contributed by atoms with Gasteiger partial charge in [0.2, 0.25) is 0 Å². The largest absolute Gasteiger partial charge is 0.347 e. The van der Waals surface area contributed by atoms with Gasteiger partial charge in [-0.25, -0.2) is 16.8 Å². The molecule has 0 saturated carbocycles. The molecule has 2 unspecified atom stereocenters. The number of sulfonamides is 2. The van der Waals surface area contributed by atoms with Crippen LogP contribution in [0.5, 0.6) is 0 Å². The Bertz CT molecular complexity index is 2250. The summed E-state index contributed by atoms with van der Waals surface area (Å²) in [6.45, 7) is 9.09. The third kappa shape index (κ3) is 15.9. The van der Waals surface area contributed by atoms with Crippen molar-refractivity contribution in [2.75, 3.05) is 39.3 Å². The Kier molecular flexibility index (Phi) is 20.8. The Balaban J connectivity index is 0.000000238. The van der Waals surface area contributed by atoms with E-state index in [0.717, 1.165) is 74.2 Å². The van der Waals surface area contributed by atoms with E-state index in [4.69, 9.17) is 23.2 Å². The molecule has 6 rings (SSSR count). The van der Waals surface area contributed by atoms with Crippen molar-refractivity contribution >= 4 is 77.7 Å². The molecule has 2 saturated heterocycles. The van der Waals surface area contributed by atoms with Gasteiger partial charge in [0.15, 0.2) is 0 Å². The van der Waals surface area contributed by atoms with Crippen molar-refractivity contribution in [3.63, 3.8) is 0 Å². The van der Waals surface area contributed by atoms with E-state index in [2.05, 4.69) is 35.1 Å². The highest BCUT2D eigenvalue weighted by molar-refractivity contribution is 7.91. The van der Waals surface area contributed by atoms with E-state index in [9.17, 15) is 26.4 Å². The molecule has 12 nitrogen and oxygen atoms in total. The van der Waals surface area contributed by atoms with Crippen molar-refractivity contribution in [1.29, 1.82) is 0 Å². The molecule has 0 radical (unpaired) electrons. The van der Waals surface area contributed by atoms with E-state index in [1.165, 1.54) is 41.9 Å². The first-order valence-electron chi connectivity index (χ1n) is 22.0. The summed E-state index contributed by atoms with van der Waals surface area (Å²) in [5, 5.41) is 14.0. The van der Waals surface area contributed by atoms with Gasteiger partial charge in [-0.1, -0.05) is 56.3 Å². The molecule has 18 heteroatoms. The first-order chi connectivity index (χ1) is 30.3. The van der Waals surface area contributed by atoms with Gasteiger partial charge in [0.05, 0.1) is 13.1 Å². The maximum atomic E-state index is 13.2. The van der Waals surface area contributed by atoms with Crippen LogP contribution >= 0.6 is 45.9 Å². The first kappa shape index (κ1) is 51.1. The molecular formula is C45H62Cl2N6O6S4. The second-order valence-electron chi connectivity index (χ2n) is 15.9. The van der Waals surface area contributed by atoms with Crippen molar-refractivity contribution in [2.24, 2.45) is 0 Å². The van der Waals surface area contributed by atoms with Gasteiger partial charge in [-0.3, -0.25) is 9.59 Å². The average molecular weight is 982 g/mol. The number of hydrogen-bond acceptors (Lipinski definition) is 10. The van der Waals surface area contributed by atoms with Gasteiger partial charge in [0, 0.05) is 69.2 Å². The number of rotatable bonds is 19. The van der Waals surface area contributed by atoms with Crippen molar-refractivity contribution in [2.45, 2.75) is 118 Å². The molecule has 2 amide bonds. The summed E-state index contributed by atoms with van der Waals surface area (Å²) in [7, 11) is -7.03. The second kappa shape index (κ2) is 25.7. The number of carbonyl (C=O) groups is 2. The Morgan fingerprint density at radius 1 is 0.571 bits per heavy atom. The Morgan fingerprint density at radius 2 is 0.984 bits per heavy atom. The van der Waals surface area contributed by atoms with Crippen molar-refractivity contribution < 1.29 is 26.4 Å². The number of nitrogens with zero attached hydrogens (tertiary/aromatic N) is 2. The molecule has 4 aromatic rings. The third-order valence-electron chi connectivity index (χ3n) is 11.1. The molecule has 2 aliphatic heterocycles. The van der Waals surface area contributed by atoms with Crippen LogP contribution in [0.4, 0.5) is 0 Å². The standard InChI is InChI=1S/C23H32ClN3O3S2.C22H30ClN3O3S2/c1-2-3-4-14-25-20-6-5-15-27(16-13-20)32(29,30)22-12-11-21(31-22)17-26-23(28)18-7-9-19(24)10-8-18;1-2-3-13-24-19-5-4-14-26(15-12-19)31(28,29)21-11-10-20(30-21)16-25-22(27)17-6-8-18(23)9-7-17/h7-12,20,25H,2-6,13-17H2,1H3,(H,26,28);6-11,19,24H,2-5,12-16H2,1H3,(H,25,27). The Morgan fingerprint density at radius 3 is 1.40 bits per heavy atom. The maximum absolute atomic E-state index is 13.2. The molecule has 0 aliphatic carbocycles. The van der Waals surface area contributed by atoms with Gasteiger partial charge in [-0.2, -0.15) is 8.61 Å². The smallest absolute Gasteiger partial charge is 0.252 e. The van der Waals surface area contributed by atoms with Crippen LogP contribution in [0.15, 0.2) is 81.2 Å². The summed E-state index contributed by atoms with van der Waals surface area (Å²) < 4.78 is 56.5. The zero-order valence-corrected chi connectivity index (χ0v) is 41.0. The van der Waals surface area contributed by atoms with E-state index in [1.54, 1.807) is 81.4 Å². The highest BCUT2D eigenvalue weighted by Crippen LogP contribution is 2.29. The summed E-state index contributed by atoms with van der Waals surface area (Å²) in [6, 6.07) is 20.9. The molecule has 4 heterocycles. The monoisotopic (exact) mass is 980 g/mol. The van der Waals surface area contributed by atoms with E-state index < -0.39 is 20.0 Å². The Labute approximate surface area is 392 Å². The number of carbonyl (C=O) groups excluding carboxylic acids is 2. The van der Waals surface area contributed by atoms with Crippen LogP contribution in [-0.4, -0.2) is 88.6 Å². The number of hydrogen-bond donors (Lipinski definition) is 4. The highest BCUT2D eigenvalue weighted by atomic mass is 35.5. The van der Waals surface area contributed by atoms with Crippen LogP contribution in [0.3, 0.4) is 0 Å². The lowest BCUT2D eigenvalue weighted by Gasteiger charge is -2.19. The fraction of sp³-hybridized carbons (Fsp3) is 0.511. The summed E-state index contributed by atoms with van der Waals surface area (Å²) >= 11 is 14.1. The number of thiophene rings is 2. The predicted octanol–water partition coefficient (Wildman–Crippen LogP) is 8.92. The minimum Gasteiger partial charge on any atom is -0.347 e. The van der Waals surface area contributed by atoms with E-state index in [0.29, 0.717) is 67.9 Å². The van der Waals surface area contributed by atoms with Crippen LogP contribution in [-0.2, 0) is 33.1 Å². The quantitative estimate of drug-likeness (QED) is 0.0679. The number of unbranched alkanes of at least 4 members (excludes halogenated alkanes) is 3. The average Bonchev–Trinajstić information content (AvgIpc) is 3.83. The number of amides is 2. The maximum Gasteiger partial charge on any atom is 0.252 e. The zero-order chi connectivity index (χ0) is 45.2. The molecular weight excluding hydrogens is 920 g/mol. The van der Waals surface area contributed by atoms with E-state index in [-0.39, 0.29) is 24.9 Å². The van der Waals surface area contributed by atoms with Gasteiger partial charge in [0.1, 0.15) is 8.42 Å². The molecule has 346 valence electrons. The molecule has 0 spiro atoms. The van der Waals surface area contributed by atoms with E-state index in [1.807, 2.05) is 0 Å².